The van der Waals surface area contributed by atoms with E-state index >= 15 is 0 Å². The van der Waals surface area contributed by atoms with Crippen molar-refractivity contribution >= 4 is 75.9 Å². The molecule has 2 rings (SSSR count). The Balaban J connectivity index is 2.85. The zero-order valence-corrected chi connectivity index (χ0v) is 12.6. The lowest BCUT2D eigenvalue weighted by Crippen LogP contribution is -1.74. The highest BCUT2D eigenvalue weighted by atomic mass is 127. The Kier molecular flexibility index (Phi) is 3.33. The maximum atomic E-state index is 3.58. The van der Waals surface area contributed by atoms with Gasteiger partial charge in [-0.1, -0.05) is 37.9 Å². The lowest BCUT2D eigenvalue weighted by molar-refractivity contribution is 1.55. The van der Waals surface area contributed by atoms with E-state index in [0.29, 0.717) is 0 Å². The van der Waals surface area contributed by atoms with Crippen LogP contribution in [0, 0.1) is 3.57 Å². The molecule has 0 fully saturated rings. The minimum absolute atomic E-state index is 0.942. The Morgan fingerprint density at radius 3 is 2.77 bits per heavy atom. The lowest BCUT2D eigenvalue weighted by atomic mass is 10.2. The number of hydrogen-bond donors (Lipinski definition) is 0. The second-order valence-corrected chi connectivity index (χ2v) is 6.22. The summed E-state index contributed by atoms with van der Waals surface area (Å²) in [5, 5.41) is 2.29. The first kappa shape index (κ1) is 10.4. The highest BCUT2D eigenvalue weighted by Gasteiger charge is 2.10. The summed E-state index contributed by atoms with van der Waals surface area (Å²) >= 11 is 11.3. The van der Waals surface area contributed by atoms with Gasteiger partial charge >= 0.3 is 0 Å². The first-order chi connectivity index (χ1) is 6.24. The van der Waals surface area contributed by atoms with Gasteiger partial charge in [0.05, 0.1) is 0 Å². The van der Waals surface area contributed by atoms with Gasteiger partial charge in [0.15, 0.2) is 0 Å². The smallest absolute Gasteiger partial charge is 0.0388 e. The molecule has 0 aliphatic carbocycles. The summed E-state index contributed by atoms with van der Waals surface area (Å²) in [6.07, 6.45) is 0. The van der Waals surface area contributed by atoms with Crippen molar-refractivity contribution in [3.8, 4) is 0 Å². The van der Waals surface area contributed by atoms with E-state index in [2.05, 4.69) is 72.6 Å². The van der Waals surface area contributed by atoms with Crippen LogP contribution >= 0.6 is 65.8 Å². The van der Waals surface area contributed by atoms with E-state index < -0.39 is 0 Å². The van der Waals surface area contributed by atoms with Crippen molar-refractivity contribution in [1.29, 1.82) is 0 Å². The van der Waals surface area contributed by atoms with Crippen LogP contribution in [0.1, 0.15) is 4.88 Å². The fourth-order valence-electron chi connectivity index (χ4n) is 1.21. The lowest BCUT2D eigenvalue weighted by Gasteiger charge is -1.93. The number of alkyl halides is 1. The number of fused-ring (bicyclic) bond motifs is 1. The summed E-state index contributed by atoms with van der Waals surface area (Å²) < 4.78 is 3.91. The maximum Gasteiger partial charge on any atom is 0.0388 e. The van der Waals surface area contributed by atoms with Crippen LogP contribution in [0.25, 0.3) is 10.1 Å². The molecule has 0 aliphatic rings. The van der Waals surface area contributed by atoms with Crippen LogP contribution in [0.15, 0.2) is 22.7 Å². The third-order valence-corrected chi connectivity index (χ3v) is 6.10. The Labute approximate surface area is 111 Å². The Hall–Kier alpha value is 0.870. The van der Waals surface area contributed by atoms with Gasteiger partial charge in [0, 0.05) is 28.3 Å². The third kappa shape index (κ3) is 1.82. The average Bonchev–Trinajstić information content (AvgIpc) is 2.44. The molecule has 68 valence electrons. The van der Waals surface area contributed by atoms with Crippen molar-refractivity contribution in [1.82, 2.24) is 0 Å². The number of benzene rings is 1. The molecule has 0 aliphatic heterocycles. The number of thiophene rings is 1. The van der Waals surface area contributed by atoms with Gasteiger partial charge in [0.1, 0.15) is 0 Å². The van der Waals surface area contributed by atoms with Crippen molar-refractivity contribution in [2.45, 2.75) is 5.33 Å². The maximum absolute atomic E-state index is 3.58. The molecule has 0 atom stereocenters. The fourth-order valence-corrected chi connectivity index (χ4v) is 5.68. The summed E-state index contributed by atoms with van der Waals surface area (Å²) in [7, 11) is 0. The van der Waals surface area contributed by atoms with E-state index in [1.54, 1.807) is 0 Å². The zero-order valence-electron chi connectivity index (χ0n) is 6.48. The Morgan fingerprint density at radius 1 is 1.38 bits per heavy atom. The summed E-state index contributed by atoms with van der Waals surface area (Å²) in [6, 6.07) is 6.34. The minimum atomic E-state index is 0.942. The first-order valence-corrected chi connectivity index (χ1v) is 7.46. The molecular weight excluding hydrogens is 427 g/mol. The van der Waals surface area contributed by atoms with Crippen LogP contribution in [0.5, 0.6) is 0 Å². The van der Waals surface area contributed by atoms with Crippen LogP contribution in [-0.2, 0) is 5.33 Å². The van der Waals surface area contributed by atoms with E-state index in [4.69, 9.17) is 0 Å². The van der Waals surface area contributed by atoms with Crippen molar-refractivity contribution in [3.63, 3.8) is 0 Å². The molecular formula is C9H5Br2IS. The van der Waals surface area contributed by atoms with E-state index in [9.17, 15) is 0 Å². The largest absolute Gasteiger partial charge is 0.138 e. The van der Waals surface area contributed by atoms with Gasteiger partial charge in [0.2, 0.25) is 0 Å². The van der Waals surface area contributed by atoms with Crippen molar-refractivity contribution in [2.24, 2.45) is 0 Å². The molecule has 0 radical (unpaired) electrons. The monoisotopic (exact) mass is 430 g/mol. The topological polar surface area (TPSA) is 0 Å². The number of rotatable bonds is 1. The molecule has 1 aromatic carbocycles. The van der Waals surface area contributed by atoms with Crippen molar-refractivity contribution in [2.75, 3.05) is 0 Å². The second kappa shape index (κ2) is 4.16. The first-order valence-electron chi connectivity index (χ1n) is 3.65. The summed E-state index contributed by atoms with van der Waals surface area (Å²) in [5.74, 6) is 0. The fraction of sp³-hybridized carbons (Fsp3) is 0.111. The molecule has 0 saturated heterocycles. The number of hydrogen-bond acceptors (Lipinski definition) is 1. The highest BCUT2D eigenvalue weighted by Crippen LogP contribution is 2.37. The summed E-state index contributed by atoms with van der Waals surface area (Å²) in [5.41, 5.74) is 0. The Bertz CT molecular complexity index is 450. The molecule has 13 heavy (non-hydrogen) atoms. The van der Waals surface area contributed by atoms with Gasteiger partial charge in [-0.05, 0) is 34.7 Å². The third-order valence-electron chi connectivity index (χ3n) is 1.79. The molecule has 0 saturated carbocycles. The molecule has 1 aromatic heterocycles. The molecule has 0 nitrogen and oxygen atoms in total. The van der Waals surface area contributed by atoms with E-state index in [1.165, 1.54) is 23.0 Å². The SMILES string of the molecule is BrCc1sc2cccc(Br)c2c1I. The predicted molar refractivity (Wildman–Crippen MR) is 74.9 cm³/mol. The molecule has 4 heteroatoms. The van der Waals surface area contributed by atoms with Crippen LogP contribution in [-0.4, -0.2) is 0 Å². The van der Waals surface area contributed by atoms with Gasteiger partial charge in [-0.15, -0.1) is 11.3 Å². The minimum Gasteiger partial charge on any atom is -0.138 e. The van der Waals surface area contributed by atoms with Gasteiger partial charge in [-0.2, -0.15) is 0 Å². The predicted octanol–water partition coefficient (Wildman–Crippen LogP) is 5.16. The van der Waals surface area contributed by atoms with Crippen molar-refractivity contribution in [3.05, 3.63) is 31.1 Å². The average molecular weight is 432 g/mol. The standard InChI is InChI=1S/C9H5Br2IS/c10-4-7-9(12)8-5(11)2-1-3-6(8)13-7/h1-3H,4H2. The van der Waals surface area contributed by atoms with Crippen molar-refractivity contribution < 1.29 is 0 Å². The van der Waals surface area contributed by atoms with Crippen LogP contribution < -0.4 is 0 Å². The summed E-state index contributed by atoms with van der Waals surface area (Å²) in [4.78, 5) is 1.41. The van der Waals surface area contributed by atoms with Gasteiger partial charge in [-0.25, -0.2) is 0 Å². The van der Waals surface area contributed by atoms with Gasteiger partial charge in [-0.3, -0.25) is 0 Å². The highest BCUT2D eigenvalue weighted by molar-refractivity contribution is 14.1. The molecule has 0 spiro atoms. The molecule has 2 aromatic rings. The summed E-state index contributed by atoms with van der Waals surface area (Å²) in [6.45, 7) is 0. The van der Waals surface area contributed by atoms with Gasteiger partial charge in [0.25, 0.3) is 0 Å². The van der Waals surface area contributed by atoms with Crippen LogP contribution in [0.3, 0.4) is 0 Å². The quantitative estimate of drug-likeness (QED) is 0.432. The molecule has 1 heterocycles. The van der Waals surface area contributed by atoms with E-state index in [1.807, 2.05) is 11.3 Å². The number of halogens is 3. The van der Waals surface area contributed by atoms with Gasteiger partial charge < -0.3 is 0 Å². The molecule has 0 amide bonds. The van der Waals surface area contributed by atoms with E-state index in [0.717, 1.165) is 5.33 Å². The molecule has 0 bridgehead atoms. The normalized spacial score (nSPS) is 11.0. The van der Waals surface area contributed by atoms with Crippen LogP contribution in [0.4, 0.5) is 0 Å². The van der Waals surface area contributed by atoms with E-state index in [-0.39, 0.29) is 0 Å². The zero-order chi connectivity index (χ0) is 9.42. The second-order valence-electron chi connectivity index (χ2n) is 2.59. The Morgan fingerprint density at radius 2 is 2.15 bits per heavy atom. The molecule has 0 N–H and O–H groups in total. The molecule has 0 unspecified atom stereocenters. The van der Waals surface area contributed by atoms with Crippen LogP contribution in [0.2, 0.25) is 0 Å².